The fraction of sp³-hybridized carbons (Fsp3) is 0.296. The Hall–Kier alpha value is -3.83. The molecule has 0 bridgehead atoms. The van der Waals surface area contributed by atoms with Gasteiger partial charge in [0.05, 0.1) is 6.54 Å². The third-order valence-electron chi connectivity index (χ3n) is 6.25. The van der Waals surface area contributed by atoms with E-state index in [1.807, 2.05) is 24.3 Å². The summed E-state index contributed by atoms with van der Waals surface area (Å²) in [5.41, 5.74) is 8.01. The normalized spacial score (nSPS) is 13.3. The zero-order chi connectivity index (χ0) is 27.4. The summed E-state index contributed by atoms with van der Waals surface area (Å²) in [6.45, 7) is 2.68. The van der Waals surface area contributed by atoms with Crippen molar-refractivity contribution >= 4 is 27.5 Å². The third-order valence-corrected chi connectivity index (χ3v) is 7.37. The van der Waals surface area contributed by atoms with Gasteiger partial charge in [0, 0.05) is 54.2 Å². The van der Waals surface area contributed by atoms with Gasteiger partial charge in [-0.15, -0.1) is 0 Å². The van der Waals surface area contributed by atoms with E-state index >= 15 is 4.39 Å². The van der Waals surface area contributed by atoms with Crippen LogP contribution in [0.2, 0.25) is 0 Å². The molecule has 0 atom stereocenters. The van der Waals surface area contributed by atoms with Gasteiger partial charge in [0.2, 0.25) is 5.91 Å². The van der Waals surface area contributed by atoms with Crippen molar-refractivity contribution in [3.05, 3.63) is 71.2 Å². The van der Waals surface area contributed by atoms with Crippen molar-refractivity contribution in [3.8, 4) is 16.9 Å². The van der Waals surface area contributed by atoms with Gasteiger partial charge in [0.1, 0.15) is 28.9 Å². The van der Waals surface area contributed by atoms with Crippen molar-refractivity contribution in [1.82, 2.24) is 9.88 Å². The van der Waals surface area contributed by atoms with Crippen molar-refractivity contribution in [1.29, 1.82) is 0 Å². The molecule has 1 aliphatic rings. The molecule has 11 heteroatoms. The van der Waals surface area contributed by atoms with E-state index in [0.717, 1.165) is 29.0 Å². The zero-order valence-electron chi connectivity index (χ0n) is 21.2. The molecule has 3 aromatic rings. The van der Waals surface area contributed by atoms with Crippen molar-refractivity contribution in [2.75, 3.05) is 31.3 Å². The van der Waals surface area contributed by atoms with Gasteiger partial charge in [-0.1, -0.05) is 13.0 Å². The molecule has 9 nitrogen and oxygen atoms in total. The van der Waals surface area contributed by atoms with E-state index in [2.05, 4.69) is 10.3 Å². The maximum atomic E-state index is 15.0. The molecule has 0 saturated heterocycles. The number of benzene rings is 2. The van der Waals surface area contributed by atoms with E-state index in [1.54, 1.807) is 24.1 Å². The monoisotopic (exact) mass is 540 g/mol. The average Bonchev–Trinajstić information content (AvgIpc) is 3.10. The van der Waals surface area contributed by atoms with Crippen LogP contribution >= 0.6 is 0 Å². The lowest BCUT2D eigenvalue weighted by Crippen LogP contribution is -2.33. The van der Waals surface area contributed by atoms with Gasteiger partial charge in [-0.25, -0.2) is 17.8 Å². The first-order chi connectivity index (χ1) is 18.1. The molecule has 2 amide bonds. The number of fused-ring (bicyclic) bond motifs is 1. The highest BCUT2D eigenvalue weighted by Crippen LogP contribution is 2.31. The van der Waals surface area contributed by atoms with E-state index in [9.17, 15) is 18.0 Å². The number of carbonyl (C=O) groups excluding carboxylic acids is 2. The number of amides is 2. The predicted molar refractivity (Wildman–Crippen MR) is 141 cm³/mol. The lowest BCUT2D eigenvalue weighted by atomic mass is 10.0. The van der Waals surface area contributed by atoms with Gasteiger partial charge in [-0.2, -0.15) is 0 Å². The average molecular weight is 541 g/mol. The minimum absolute atomic E-state index is 0.0711. The lowest BCUT2D eigenvalue weighted by Gasteiger charge is -2.22. The quantitative estimate of drug-likeness (QED) is 0.471. The number of hydrogen-bond acceptors (Lipinski definition) is 7. The number of nitrogens with one attached hydrogen (secondary N) is 1. The maximum absolute atomic E-state index is 15.0. The van der Waals surface area contributed by atoms with Gasteiger partial charge in [-0.3, -0.25) is 9.59 Å². The largest absolute Gasteiger partial charge is 0.491 e. The number of aromatic nitrogens is 1. The number of nitrogens with two attached hydrogens (primary N) is 1. The number of pyridine rings is 1. The molecule has 2 aromatic carbocycles. The highest BCUT2D eigenvalue weighted by Gasteiger charge is 2.27. The summed E-state index contributed by atoms with van der Waals surface area (Å²) in [4.78, 5) is 30.7. The molecule has 1 aliphatic heterocycles. The Kier molecular flexibility index (Phi) is 8.08. The van der Waals surface area contributed by atoms with Crippen LogP contribution in [0.5, 0.6) is 5.75 Å². The highest BCUT2D eigenvalue weighted by molar-refractivity contribution is 7.90. The Labute approximate surface area is 220 Å². The van der Waals surface area contributed by atoms with Crippen molar-refractivity contribution in [3.63, 3.8) is 0 Å². The third kappa shape index (κ3) is 5.84. The molecule has 0 fully saturated rings. The first-order valence-corrected chi connectivity index (χ1v) is 14.0. The van der Waals surface area contributed by atoms with Crippen LogP contribution in [0.3, 0.4) is 0 Å². The van der Waals surface area contributed by atoms with Crippen molar-refractivity contribution in [2.24, 2.45) is 5.73 Å². The smallest absolute Gasteiger partial charge is 0.254 e. The Morgan fingerprint density at radius 3 is 2.58 bits per heavy atom. The molecule has 3 N–H and O–H groups in total. The van der Waals surface area contributed by atoms with Gasteiger partial charge in [0.25, 0.3) is 5.91 Å². The van der Waals surface area contributed by atoms with Gasteiger partial charge >= 0.3 is 0 Å². The number of rotatable bonds is 7. The molecule has 0 unspecified atom stereocenters. The Balaban J connectivity index is 1.59. The fourth-order valence-electron chi connectivity index (χ4n) is 4.32. The summed E-state index contributed by atoms with van der Waals surface area (Å²) < 4.78 is 44.8. The van der Waals surface area contributed by atoms with E-state index in [1.165, 1.54) is 6.07 Å². The summed E-state index contributed by atoms with van der Waals surface area (Å²) in [7, 11) is -3.77. The number of halogens is 1. The number of carbonyl (C=O) groups is 2. The van der Waals surface area contributed by atoms with Crippen LogP contribution < -0.4 is 15.8 Å². The molecule has 0 aliphatic carbocycles. The van der Waals surface area contributed by atoms with E-state index in [-0.39, 0.29) is 56.1 Å². The summed E-state index contributed by atoms with van der Waals surface area (Å²) >= 11 is 0. The SMILES string of the molecule is CCc1c(C(=O)N2CCOc3ccc(-c4ccc(NC(=O)CCN)nc4)cc3C2)ccc(S(C)(=O)=O)c1F. The second-order valence-electron chi connectivity index (χ2n) is 8.95. The fourth-order valence-corrected chi connectivity index (χ4v) is 5.09. The van der Waals surface area contributed by atoms with Gasteiger partial charge < -0.3 is 20.7 Å². The van der Waals surface area contributed by atoms with Crippen LogP contribution in [0.4, 0.5) is 10.2 Å². The minimum Gasteiger partial charge on any atom is -0.491 e. The van der Waals surface area contributed by atoms with E-state index < -0.39 is 26.5 Å². The summed E-state index contributed by atoms with van der Waals surface area (Å²) in [6.07, 6.45) is 2.95. The van der Waals surface area contributed by atoms with Crippen LogP contribution in [-0.2, 0) is 27.6 Å². The van der Waals surface area contributed by atoms with Crippen LogP contribution in [-0.4, -0.2) is 56.1 Å². The van der Waals surface area contributed by atoms with Crippen LogP contribution in [0.1, 0.15) is 34.8 Å². The minimum atomic E-state index is -3.77. The van der Waals surface area contributed by atoms with Gasteiger partial charge in [-0.05, 0) is 48.4 Å². The number of anilines is 1. The number of nitrogens with zero attached hydrogens (tertiary/aromatic N) is 2. The Bertz CT molecular complexity index is 1480. The zero-order valence-corrected chi connectivity index (χ0v) is 22.0. The molecular formula is C27H29FN4O5S. The predicted octanol–water partition coefficient (Wildman–Crippen LogP) is 3.18. The second-order valence-corrected chi connectivity index (χ2v) is 10.9. The topological polar surface area (TPSA) is 132 Å². The van der Waals surface area contributed by atoms with Crippen molar-refractivity contribution < 1.29 is 27.1 Å². The first kappa shape index (κ1) is 27.2. The summed E-state index contributed by atoms with van der Waals surface area (Å²) in [5.74, 6) is -0.441. The van der Waals surface area contributed by atoms with Gasteiger partial charge in [0.15, 0.2) is 9.84 Å². The molecule has 2 heterocycles. The molecule has 0 radical (unpaired) electrons. The number of sulfone groups is 1. The van der Waals surface area contributed by atoms with Crippen LogP contribution in [0.25, 0.3) is 11.1 Å². The Morgan fingerprint density at radius 1 is 1.16 bits per heavy atom. The molecule has 200 valence electrons. The second kappa shape index (κ2) is 11.3. The molecule has 0 spiro atoms. The van der Waals surface area contributed by atoms with Crippen molar-refractivity contribution in [2.45, 2.75) is 31.2 Å². The molecule has 0 saturated carbocycles. The summed E-state index contributed by atoms with van der Waals surface area (Å²) in [6, 6.07) is 11.7. The standard InChI is InChI=1S/C27H29FN4O5S/c1-3-20-21(6-8-23(26(20)28)38(2,35)36)27(34)32-12-13-37-22-7-4-17(14-19(22)16-32)18-5-9-24(30-15-18)31-25(33)10-11-29/h4-9,14-15H,3,10-13,16,29H2,1-2H3,(H,30,31,33). The lowest BCUT2D eigenvalue weighted by molar-refractivity contribution is -0.116. The summed E-state index contributed by atoms with van der Waals surface area (Å²) in [5, 5.41) is 2.68. The maximum Gasteiger partial charge on any atom is 0.254 e. The number of hydrogen-bond donors (Lipinski definition) is 2. The molecule has 1 aromatic heterocycles. The van der Waals surface area contributed by atoms with Crippen LogP contribution in [0.15, 0.2) is 53.6 Å². The molecule has 38 heavy (non-hydrogen) atoms. The van der Waals surface area contributed by atoms with E-state index in [0.29, 0.717) is 11.6 Å². The van der Waals surface area contributed by atoms with Crippen LogP contribution in [0, 0.1) is 5.82 Å². The first-order valence-electron chi connectivity index (χ1n) is 12.1. The van der Waals surface area contributed by atoms with E-state index in [4.69, 9.17) is 10.5 Å². The Morgan fingerprint density at radius 2 is 1.92 bits per heavy atom. The molecular weight excluding hydrogens is 511 g/mol. The molecule has 4 rings (SSSR count). The number of ether oxygens (including phenoxy) is 1. The highest BCUT2D eigenvalue weighted by atomic mass is 32.2.